The molecular formula is C23H19BrN2O4S. The van der Waals surface area contributed by atoms with Gasteiger partial charge in [0.25, 0.3) is 10.0 Å². The molecule has 1 aliphatic heterocycles. The van der Waals surface area contributed by atoms with Crippen molar-refractivity contribution in [2.45, 2.75) is 11.8 Å². The number of esters is 1. The predicted octanol–water partition coefficient (Wildman–Crippen LogP) is 4.57. The summed E-state index contributed by atoms with van der Waals surface area (Å²) in [6.07, 6.45) is 0. The summed E-state index contributed by atoms with van der Waals surface area (Å²) in [5.74, 6) is -0.133. The first-order chi connectivity index (χ1) is 14.8. The number of carbonyl (C=O) groups is 1. The van der Waals surface area contributed by atoms with E-state index in [9.17, 15) is 13.2 Å². The Hall–Kier alpha value is -2.97. The molecular weight excluding hydrogens is 480 g/mol. The van der Waals surface area contributed by atoms with Gasteiger partial charge in [0.05, 0.1) is 12.1 Å². The van der Waals surface area contributed by atoms with Crippen molar-refractivity contribution in [2.24, 2.45) is 4.40 Å². The topological polar surface area (TPSA) is 76.0 Å². The quantitative estimate of drug-likeness (QED) is 0.481. The zero-order chi connectivity index (χ0) is 22.0. The molecule has 0 radical (unpaired) electrons. The maximum atomic E-state index is 12.6. The fourth-order valence-corrected chi connectivity index (χ4v) is 4.97. The summed E-state index contributed by atoms with van der Waals surface area (Å²) in [6.45, 7) is 2.25. The lowest BCUT2D eigenvalue weighted by Gasteiger charge is -2.25. The molecule has 1 aliphatic rings. The second kappa shape index (κ2) is 8.64. The number of hydrogen-bond donors (Lipinski definition) is 0. The average molecular weight is 499 g/mol. The zero-order valence-corrected chi connectivity index (χ0v) is 19.1. The van der Waals surface area contributed by atoms with E-state index < -0.39 is 16.0 Å². The molecule has 3 aromatic rings. The van der Waals surface area contributed by atoms with Gasteiger partial charge in [0.1, 0.15) is 11.5 Å². The Kier molecular flexibility index (Phi) is 5.93. The molecule has 0 spiro atoms. The summed E-state index contributed by atoms with van der Waals surface area (Å²) >= 11 is 3.34. The molecule has 4 rings (SSSR count). The van der Waals surface area contributed by atoms with Crippen molar-refractivity contribution in [2.75, 3.05) is 18.1 Å². The van der Waals surface area contributed by atoms with Crippen LogP contribution in [0.5, 0.6) is 0 Å². The van der Waals surface area contributed by atoms with Gasteiger partial charge in [0.15, 0.2) is 5.84 Å². The van der Waals surface area contributed by atoms with E-state index in [1.807, 2.05) is 37.3 Å². The Morgan fingerprint density at radius 2 is 1.81 bits per heavy atom. The van der Waals surface area contributed by atoms with Gasteiger partial charge in [-0.2, -0.15) is 8.42 Å². The Morgan fingerprint density at radius 1 is 1.03 bits per heavy atom. The molecule has 6 nitrogen and oxygen atoms in total. The Labute approximate surface area is 189 Å². The molecule has 0 saturated carbocycles. The highest BCUT2D eigenvalue weighted by Crippen LogP contribution is 2.30. The molecule has 0 amide bonds. The first-order valence-corrected chi connectivity index (χ1v) is 11.8. The number of hydrogen-bond acceptors (Lipinski definition) is 5. The SMILES string of the molecule is Cc1cccc(N(CCOC(=O)c2cccc(Br)c2)C2=NS(=O)(=O)c3ccccc32)c1. The molecule has 0 unspecified atom stereocenters. The van der Waals surface area contributed by atoms with Gasteiger partial charge < -0.3 is 9.64 Å². The molecule has 0 saturated heterocycles. The molecule has 1 heterocycles. The second-order valence-electron chi connectivity index (χ2n) is 7.02. The maximum Gasteiger partial charge on any atom is 0.338 e. The van der Waals surface area contributed by atoms with Crippen LogP contribution in [0.3, 0.4) is 0 Å². The van der Waals surface area contributed by atoms with Crippen LogP contribution >= 0.6 is 15.9 Å². The molecule has 0 bridgehead atoms. The lowest BCUT2D eigenvalue weighted by molar-refractivity contribution is 0.0517. The predicted molar refractivity (Wildman–Crippen MR) is 123 cm³/mol. The smallest absolute Gasteiger partial charge is 0.338 e. The monoisotopic (exact) mass is 498 g/mol. The number of rotatable bonds is 5. The van der Waals surface area contributed by atoms with Gasteiger partial charge in [-0.15, -0.1) is 4.40 Å². The van der Waals surface area contributed by atoms with E-state index in [0.717, 1.165) is 15.7 Å². The number of benzene rings is 3. The van der Waals surface area contributed by atoms with Crippen LogP contribution < -0.4 is 4.90 Å². The third-order valence-electron chi connectivity index (χ3n) is 4.79. The first-order valence-electron chi connectivity index (χ1n) is 9.56. The van der Waals surface area contributed by atoms with Gasteiger partial charge in [-0.05, 0) is 55.0 Å². The van der Waals surface area contributed by atoms with E-state index in [4.69, 9.17) is 4.74 Å². The molecule has 0 atom stereocenters. The van der Waals surface area contributed by atoms with Gasteiger partial charge in [0.2, 0.25) is 0 Å². The van der Waals surface area contributed by atoms with Crippen molar-refractivity contribution in [1.82, 2.24) is 0 Å². The van der Waals surface area contributed by atoms with Crippen molar-refractivity contribution in [3.63, 3.8) is 0 Å². The number of carbonyl (C=O) groups excluding carboxylic acids is 1. The van der Waals surface area contributed by atoms with Crippen LogP contribution in [0.15, 0.2) is 86.6 Å². The molecule has 0 aromatic heterocycles. The highest BCUT2D eigenvalue weighted by atomic mass is 79.9. The van der Waals surface area contributed by atoms with Crippen molar-refractivity contribution >= 4 is 43.4 Å². The second-order valence-corrected chi connectivity index (χ2v) is 9.51. The molecule has 31 heavy (non-hydrogen) atoms. The van der Waals surface area contributed by atoms with Crippen LogP contribution in [0.4, 0.5) is 5.69 Å². The number of ether oxygens (including phenoxy) is 1. The van der Waals surface area contributed by atoms with Gasteiger partial charge >= 0.3 is 5.97 Å². The summed E-state index contributed by atoms with van der Waals surface area (Å²) in [5, 5.41) is 0. The normalized spacial score (nSPS) is 13.9. The third kappa shape index (κ3) is 4.55. The van der Waals surface area contributed by atoms with E-state index in [-0.39, 0.29) is 18.0 Å². The van der Waals surface area contributed by atoms with Crippen LogP contribution in [0.2, 0.25) is 0 Å². The number of fused-ring (bicyclic) bond motifs is 1. The van der Waals surface area contributed by atoms with Gasteiger partial charge in [0, 0.05) is 15.7 Å². The zero-order valence-electron chi connectivity index (χ0n) is 16.7. The first kappa shape index (κ1) is 21.3. The van der Waals surface area contributed by atoms with Crippen LogP contribution in [-0.2, 0) is 14.8 Å². The Balaban J connectivity index is 1.62. The number of anilines is 1. The van der Waals surface area contributed by atoms with E-state index in [2.05, 4.69) is 20.3 Å². The summed E-state index contributed by atoms with van der Waals surface area (Å²) in [4.78, 5) is 14.3. The lowest BCUT2D eigenvalue weighted by Crippen LogP contribution is -2.34. The summed E-state index contributed by atoms with van der Waals surface area (Å²) in [7, 11) is -3.77. The van der Waals surface area contributed by atoms with Crippen molar-refractivity contribution in [3.8, 4) is 0 Å². The van der Waals surface area contributed by atoms with Crippen LogP contribution in [0, 0.1) is 6.92 Å². The minimum absolute atomic E-state index is 0.0561. The fourth-order valence-electron chi connectivity index (χ4n) is 3.36. The summed E-state index contributed by atoms with van der Waals surface area (Å²) < 4.78 is 35.4. The van der Waals surface area contributed by atoms with Crippen molar-refractivity contribution in [3.05, 3.63) is 94.0 Å². The molecule has 0 fully saturated rings. The van der Waals surface area contributed by atoms with Gasteiger partial charge in [-0.1, -0.05) is 46.3 Å². The van der Waals surface area contributed by atoms with Crippen LogP contribution in [0.25, 0.3) is 0 Å². The summed E-state index contributed by atoms with van der Waals surface area (Å²) in [5.41, 5.74) is 2.75. The average Bonchev–Trinajstić information content (AvgIpc) is 3.02. The van der Waals surface area contributed by atoms with Crippen molar-refractivity contribution in [1.29, 1.82) is 0 Å². The standard InChI is InChI=1S/C23H19BrN2O4S/c1-16-6-4-9-19(14-16)26(12-13-30-23(27)17-7-5-8-18(24)15-17)22-20-10-2-3-11-21(20)31(28,29)25-22/h2-11,14-15H,12-13H2,1H3. The van der Waals surface area contributed by atoms with E-state index >= 15 is 0 Å². The molecule has 158 valence electrons. The van der Waals surface area contributed by atoms with E-state index in [1.54, 1.807) is 47.4 Å². The lowest BCUT2D eigenvalue weighted by atomic mass is 10.1. The van der Waals surface area contributed by atoms with Crippen molar-refractivity contribution < 1.29 is 17.9 Å². The van der Waals surface area contributed by atoms with Crippen LogP contribution in [0.1, 0.15) is 21.5 Å². The Bertz CT molecular complexity index is 1290. The summed E-state index contributed by atoms with van der Waals surface area (Å²) in [6, 6.07) is 21.3. The number of nitrogens with zero attached hydrogens (tertiary/aromatic N) is 2. The third-order valence-corrected chi connectivity index (χ3v) is 6.61. The highest BCUT2D eigenvalue weighted by molar-refractivity contribution is 9.10. The minimum atomic E-state index is -3.77. The largest absolute Gasteiger partial charge is 0.460 e. The molecule has 0 N–H and O–H groups in total. The molecule has 8 heteroatoms. The van der Waals surface area contributed by atoms with Gasteiger partial charge in [-0.25, -0.2) is 4.79 Å². The molecule has 0 aliphatic carbocycles. The number of amidine groups is 1. The number of sulfonamides is 1. The van der Waals surface area contributed by atoms with Gasteiger partial charge in [-0.3, -0.25) is 0 Å². The fraction of sp³-hybridized carbons (Fsp3) is 0.130. The maximum absolute atomic E-state index is 12.6. The van der Waals surface area contributed by atoms with E-state index in [0.29, 0.717) is 17.0 Å². The van der Waals surface area contributed by atoms with Crippen LogP contribution in [-0.4, -0.2) is 33.4 Å². The molecule has 3 aromatic carbocycles. The Morgan fingerprint density at radius 3 is 2.58 bits per heavy atom. The number of aryl methyl sites for hydroxylation is 1. The highest BCUT2D eigenvalue weighted by Gasteiger charge is 2.32. The number of halogens is 1. The minimum Gasteiger partial charge on any atom is -0.460 e. The van der Waals surface area contributed by atoms with E-state index in [1.165, 1.54) is 0 Å².